The Balaban J connectivity index is 1.43. The molecule has 0 radical (unpaired) electrons. The average molecular weight is 452 g/mol. The second kappa shape index (κ2) is 9.23. The number of fused-ring (bicyclic) bond motifs is 2. The summed E-state index contributed by atoms with van der Waals surface area (Å²) in [4.78, 5) is 31.0. The Kier molecular flexibility index (Phi) is 6.02. The van der Waals surface area contributed by atoms with Crippen LogP contribution in [0, 0.1) is 5.82 Å². The number of nitrogens with zero attached hydrogens (tertiary/aromatic N) is 5. The van der Waals surface area contributed by atoms with E-state index in [1.807, 2.05) is 24.3 Å². The predicted octanol–water partition coefficient (Wildman–Crippen LogP) is 3.75. The van der Waals surface area contributed by atoms with E-state index in [2.05, 4.69) is 19.9 Å². The number of hydrogen-bond donors (Lipinski definition) is 0. The van der Waals surface area contributed by atoms with Gasteiger partial charge in [-0.2, -0.15) is 0 Å². The molecule has 4 aromatic rings. The van der Waals surface area contributed by atoms with Crippen LogP contribution in [-0.2, 0) is 4.74 Å². The van der Waals surface area contributed by atoms with Crippen molar-refractivity contribution in [3.05, 3.63) is 60.2 Å². The lowest BCUT2D eigenvalue weighted by Gasteiger charge is -2.27. The molecule has 1 aliphatic heterocycles. The molecule has 7 nitrogen and oxygen atoms in total. The first-order valence-corrected chi connectivity index (χ1v) is 11.4. The van der Waals surface area contributed by atoms with E-state index >= 15 is 0 Å². The Morgan fingerprint density at radius 3 is 2.75 bits per heavy atom. The minimum Gasteiger partial charge on any atom is -0.379 e. The van der Waals surface area contributed by atoms with Crippen molar-refractivity contribution in [2.75, 3.05) is 44.3 Å². The zero-order chi connectivity index (χ0) is 21.9. The topological polar surface area (TPSA) is 71.5 Å². The second-order valence-electron chi connectivity index (χ2n) is 7.62. The quantitative estimate of drug-likeness (QED) is 0.445. The van der Waals surface area contributed by atoms with Gasteiger partial charge in [0.05, 0.1) is 40.7 Å². The van der Waals surface area contributed by atoms with Crippen molar-refractivity contribution in [1.82, 2.24) is 19.9 Å². The van der Waals surface area contributed by atoms with Crippen LogP contribution >= 0.6 is 11.3 Å². The third-order valence-corrected chi connectivity index (χ3v) is 6.48. The van der Waals surface area contributed by atoms with Gasteiger partial charge in [0, 0.05) is 26.2 Å². The van der Waals surface area contributed by atoms with Gasteiger partial charge in [0.15, 0.2) is 5.13 Å². The molecule has 0 saturated carbocycles. The van der Waals surface area contributed by atoms with E-state index in [1.54, 1.807) is 11.0 Å². The lowest BCUT2D eigenvalue weighted by Crippen LogP contribution is -2.39. The van der Waals surface area contributed by atoms with Gasteiger partial charge in [0.25, 0.3) is 5.91 Å². The molecule has 2 aromatic carbocycles. The fourth-order valence-corrected chi connectivity index (χ4v) is 4.78. The molecule has 0 N–H and O–H groups in total. The van der Waals surface area contributed by atoms with Crippen molar-refractivity contribution in [3.8, 4) is 0 Å². The zero-order valence-corrected chi connectivity index (χ0v) is 18.2. The number of hydrogen-bond acceptors (Lipinski definition) is 7. The SMILES string of the molecule is O=C(c1cnc2ccccc2n1)N(CCCN1CCOCC1)c1nc2ccc(F)cc2s1. The van der Waals surface area contributed by atoms with Gasteiger partial charge < -0.3 is 4.74 Å². The number of carbonyl (C=O) groups excluding carboxylic acids is 1. The molecule has 0 unspecified atom stereocenters. The number of morpholine rings is 1. The van der Waals surface area contributed by atoms with Gasteiger partial charge in [-0.3, -0.25) is 19.6 Å². The number of aromatic nitrogens is 3. The normalized spacial score (nSPS) is 14.8. The van der Waals surface area contributed by atoms with Crippen LogP contribution in [0.3, 0.4) is 0 Å². The van der Waals surface area contributed by atoms with Crippen LogP contribution in [-0.4, -0.2) is 65.2 Å². The summed E-state index contributed by atoms with van der Waals surface area (Å²) in [6.45, 7) is 4.59. The summed E-state index contributed by atoms with van der Waals surface area (Å²) < 4.78 is 19.8. The Hall–Kier alpha value is -3.01. The molecular formula is C23H22FN5O2S. The van der Waals surface area contributed by atoms with Gasteiger partial charge in [-0.1, -0.05) is 23.5 Å². The third kappa shape index (κ3) is 4.45. The largest absolute Gasteiger partial charge is 0.379 e. The average Bonchev–Trinajstić information content (AvgIpc) is 3.24. The van der Waals surface area contributed by atoms with Crippen LogP contribution in [0.1, 0.15) is 16.9 Å². The van der Waals surface area contributed by atoms with Crippen LogP contribution in [0.15, 0.2) is 48.7 Å². The Morgan fingerprint density at radius 1 is 1.09 bits per heavy atom. The second-order valence-corrected chi connectivity index (χ2v) is 8.63. The molecule has 32 heavy (non-hydrogen) atoms. The molecule has 1 fully saturated rings. The van der Waals surface area contributed by atoms with Crippen LogP contribution in [0.4, 0.5) is 9.52 Å². The number of halogens is 1. The van der Waals surface area contributed by atoms with Gasteiger partial charge in [0.1, 0.15) is 11.5 Å². The summed E-state index contributed by atoms with van der Waals surface area (Å²) in [7, 11) is 0. The number of ether oxygens (including phenoxy) is 1. The number of benzene rings is 2. The van der Waals surface area contributed by atoms with E-state index in [-0.39, 0.29) is 17.4 Å². The van der Waals surface area contributed by atoms with Gasteiger partial charge in [-0.05, 0) is 36.8 Å². The highest BCUT2D eigenvalue weighted by atomic mass is 32.1. The summed E-state index contributed by atoms with van der Waals surface area (Å²) in [6.07, 6.45) is 2.28. The predicted molar refractivity (Wildman–Crippen MR) is 123 cm³/mol. The summed E-state index contributed by atoms with van der Waals surface area (Å²) in [6, 6.07) is 11.9. The van der Waals surface area contributed by atoms with Crippen LogP contribution in [0.25, 0.3) is 21.3 Å². The molecule has 1 amide bonds. The molecule has 3 heterocycles. The summed E-state index contributed by atoms with van der Waals surface area (Å²) in [5.41, 5.74) is 2.33. The van der Waals surface area contributed by atoms with Gasteiger partial charge in [-0.25, -0.2) is 14.4 Å². The van der Waals surface area contributed by atoms with Crippen molar-refractivity contribution in [2.45, 2.75) is 6.42 Å². The monoisotopic (exact) mass is 451 g/mol. The van der Waals surface area contributed by atoms with E-state index in [0.717, 1.165) is 44.8 Å². The molecule has 0 bridgehead atoms. The van der Waals surface area contributed by atoms with Gasteiger partial charge in [-0.15, -0.1) is 0 Å². The van der Waals surface area contributed by atoms with Gasteiger partial charge in [0.2, 0.25) is 0 Å². The van der Waals surface area contributed by atoms with E-state index in [4.69, 9.17) is 4.74 Å². The fraction of sp³-hybridized carbons (Fsp3) is 0.304. The van der Waals surface area contributed by atoms with Crippen molar-refractivity contribution in [2.24, 2.45) is 0 Å². The number of carbonyl (C=O) groups is 1. The molecular weight excluding hydrogens is 429 g/mol. The number of anilines is 1. The summed E-state index contributed by atoms with van der Waals surface area (Å²) >= 11 is 1.30. The number of para-hydroxylation sites is 2. The summed E-state index contributed by atoms with van der Waals surface area (Å²) in [5, 5.41) is 0.535. The minimum atomic E-state index is -0.321. The summed E-state index contributed by atoms with van der Waals surface area (Å²) in [5.74, 6) is -0.581. The molecule has 5 rings (SSSR count). The highest BCUT2D eigenvalue weighted by Gasteiger charge is 2.23. The van der Waals surface area contributed by atoms with E-state index < -0.39 is 0 Å². The Morgan fingerprint density at radius 2 is 1.91 bits per heavy atom. The number of rotatable bonds is 6. The molecule has 164 valence electrons. The maximum atomic E-state index is 13.7. The van der Waals surface area contributed by atoms with Crippen molar-refractivity contribution < 1.29 is 13.9 Å². The first-order valence-electron chi connectivity index (χ1n) is 10.6. The van der Waals surface area contributed by atoms with Crippen molar-refractivity contribution in [3.63, 3.8) is 0 Å². The van der Waals surface area contributed by atoms with Crippen LogP contribution in [0.2, 0.25) is 0 Å². The molecule has 1 aliphatic rings. The van der Waals surface area contributed by atoms with Gasteiger partial charge >= 0.3 is 0 Å². The molecule has 0 atom stereocenters. The maximum Gasteiger partial charge on any atom is 0.280 e. The third-order valence-electron chi connectivity index (χ3n) is 5.44. The van der Waals surface area contributed by atoms with E-state index in [0.29, 0.717) is 27.4 Å². The van der Waals surface area contributed by atoms with E-state index in [9.17, 15) is 9.18 Å². The standard InChI is InChI=1S/C23H22FN5O2S/c24-16-6-7-19-21(14-16)32-23(27-19)29(9-3-8-28-10-12-31-13-11-28)22(30)20-15-25-17-4-1-2-5-18(17)26-20/h1-2,4-7,14-15H,3,8-13H2. The lowest BCUT2D eigenvalue weighted by atomic mass is 10.2. The maximum absolute atomic E-state index is 13.7. The molecule has 9 heteroatoms. The highest BCUT2D eigenvalue weighted by molar-refractivity contribution is 7.22. The Bertz CT molecular complexity index is 1260. The Labute approximate surface area is 188 Å². The smallest absolute Gasteiger partial charge is 0.280 e. The van der Waals surface area contributed by atoms with Crippen LogP contribution < -0.4 is 4.90 Å². The van der Waals surface area contributed by atoms with Crippen molar-refractivity contribution in [1.29, 1.82) is 0 Å². The highest BCUT2D eigenvalue weighted by Crippen LogP contribution is 2.30. The van der Waals surface area contributed by atoms with Crippen LogP contribution in [0.5, 0.6) is 0 Å². The molecule has 1 saturated heterocycles. The zero-order valence-electron chi connectivity index (χ0n) is 17.4. The minimum absolute atomic E-state index is 0.259. The number of amides is 1. The first-order chi connectivity index (χ1) is 15.7. The first kappa shape index (κ1) is 20.9. The molecule has 2 aromatic heterocycles. The fourth-order valence-electron chi connectivity index (χ4n) is 3.76. The van der Waals surface area contributed by atoms with Crippen molar-refractivity contribution >= 4 is 43.6 Å². The molecule has 0 aliphatic carbocycles. The number of thiazole rings is 1. The lowest BCUT2D eigenvalue weighted by molar-refractivity contribution is 0.0376. The van der Waals surface area contributed by atoms with E-state index in [1.165, 1.54) is 29.7 Å². The molecule has 0 spiro atoms.